The zero-order valence-electron chi connectivity index (χ0n) is 12.0. The second-order valence-electron chi connectivity index (χ2n) is 5.29. The molecule has 0 aliphatic rings. The van der Waals surface area contributed by atoms with Crippen LogP contribution in [0.3, 0.4) is 0 Å². The molecular formula is C15H25NO2. The van der Waals surface area contributed by atoms with Crippen LogP contribution in [0.4, 0.5) is 0 Å². The highest BCUT2D eigenvalue weighted by molar-refractivity contribution is 5.43. The van der Waals surface area contributed by atoms with Crippen molar-refractivity contribution in [1.29, 1.82) is 0 Å². The van der Waals surface area contributed by atoms with Crippen molar-refractivity contribution in [3.05, 3.63) is 28.8 Å². The van der Waals surface area contributed by atoms with E-state index in [1.165, 1.54) is 0 Å². The third-order valence-corrected chi connectivity index (χ3v) is 3.67. The van der Waals surface area contributed by atoms with E-state index in [0.717, 1.165) is 22.4 Å². The van der Waals surface area contributed by atoms with Gasteiger partial charge in [0.15, 0.2) is 0 Å². The van der Waals surface area contributed by atoms with Gasteiger partial charge in [-0.3, -0.25) is 0 Å². The topological polar surface area (TPSA) is 55.5 Å². The summed E-state index contributed by atoms with van der Waals surface area (Å²) in [4.78, 5) is 0. The average Bonchev–Trinajstić information content (AvgIpc) is 2.31. The molecule has 0 spiro atoms. The van der Waals surface area contributed by atoms with Crippen LogP contribution in [0, 0.1) is 25.7 Å². The Kier molecular flexibility index (Phi) is 5.17. The minimum absolute atomic E-state index is 0.0801. The lowest BCUT2D eigenvalue weighted by Crippen LogP contribution is -2.29. The third-order valence-electron chi connectivity index (χ3n) is 3.67. The minimum Gasteiger partial charge on any atom is -0.496 e. The van der Waals surface area contributed by atoms with E-state index in [1.54, 1.807) is 7.11 Å². The predicted octanol–water partition coefficient (Wildman–Crippen LogP) is 2.58. The molecule has 2 atom stereocenters. The molecule has 0 radical (unpaired) electrons. The van der Waals surface area contributed by atoms with E-state index >= 15 is 0 Å². The van der Waals surface area contributed by atoms with Crippen LogP contribution in [0.25, 0.3) is 0 Å². The van der Waals surface area contributed by atoms with Gasteiger partial charge in [0.2, 0.25) is 0 Å². The highest BCUT2D eigenvalue weighted by Crippen LogP contribution is 2.31. The molecule has 1 rings (SSSR count). The molecule has 0 fully saturated rings. The summed E-state index contributed by atoms with van der Waals surface area (Å²) >= 11 is 0. The maximum Gasteiger partial charge on any atom is 0.122 e. The summed E-state index contributed by atoms with van der Waals surface area (Å²) in [6.45, 7) is 8.34. The van der Waals surface area contributed by atoms with Gasteiger partial charge in [-0.1, -0.05) is 19.9 Å². The Labute approximate surface area is 110 Å². The molecule has 1 aromatic rings. The SMILES string of the molecule is COc1cc(C)c(C(N)C(CO)C(C)C)cc1C. The first-order chi connectivity index (χ1) is 8.42. The maximum atomic E-state index is 9.48. The summed E-state index contributed by atoms with van der Waals surface area (Å²) in [5.41, 5.74) is 9.60. The number of methoxy groups -OCH3 is 1. The molecule has 102 valence electrons. The fourth-order valence-electron chi connectivity index (χ4n) is 2.36. The van der Waals surface area contributed by atoms with Crippen molar-refractivity contribution >= 4 is 0 Å². The summed E-state index contributed by atoms with van der Waals surface area (Å²) < 4.78 is 5.30. The number of nitrogens with two attached hydrogens (primary N) is 1. The van der Waals surface area contributed by atoms with Crippen molar-refractivity contribution in [3.8, 4) is 5.75 Å². The quantitative estimate of drug-likeness (QED) is 0.845. The number of benzene rings is 1. The van der Waals surface area contributed by atoms with Gasteiger partial charge in [-0.25, -0.2) is 0 Å². The van der Waals surface area contributed by atoms with Gasteiger partial charge in [0.1, 0.15) is 5.75 Å². The first-order valence-electron chi connectivity index (χ1n) is 6.43. The molecule has 3 nitrogen and oxygen atoms in total. The Hall–Kier alpha value is -1.06. The lowest BCUT2D eigenvalue weighted by Gasteiger charge is -2.27. The lowest BCUT2D eigenvalue weighted by molar-refractivity contribution is 0.165. The van der Waals surface area contributed by atoms with Crippen molar-refractivity contribution in [2.45, 2.75) is 33.7 Å². The van der Waals surface area contributed by atoms with Crippen LogP contribution >= 0.6 is 0 Å². The van der Waals surface area contributed by atoms with Crippen LogP contribution in [0.2, 0.25) is 0 Å². The first-order valence-corrected chi connectivity index (χ1v) is 6.43. The number of ether oxygens (including phenoxy) is 1. The monoisotopic (exact) mass is 251 g/mol. The van der Waals surface area contributed by atoms with Crippen LogP contribution in [0.1, 0.15) is 36.6 Å². The van der Waals surface area contributed by atoms with Gasteiger partial charge in [0.05, 0.1) is 7.11 Å². The van der Waals surface area contributed by atoms with Crippen LogP contribution in [0.5, 0.6) is 5.75 Å². The van der Waals surface area contributed by atoms with Gasteiger partial charge in [-0.05, 0) is 42.5 Å². The normalized spacial score (nSPS) is 14.7. The zero-order valence-corrected chi connectivity index (χ0v) is 12.0. The number of aryl methyl sites for hydroxylation is 2. The molecule has 0 saturated carbocycles. The highest BCUT2D eigenvalue weighted by atomic mass is 16.5. The summed E-state index contributed by atoms with van der Waals surface area (Å²) in [5, 5.41) is 9.48. The van der Waals surface area contributed by atoms with Crippen molar-refractivity contribution in [1.82, 2.24) is 0 Å². The molecule has 0 amide bonds. The van der Waals surface area contributed by atoms with Gasteiger partial charge in [-0.2, -0.15) is 0 Å². The predicted molar refractivity (Wildman–Crippen MR) is 74.8 cm³/mol. The van der Waals surface area contributed by atoms with E-state index in [2.05, 4.69) is 19.9 Å². The lowest BCUT2D eigenvalue weighted by atomic mass is 9.83. The molecule has 0 saturated heterocycles. The van der Waals surface area contributed by atoms with Gasteiger partial charge in [0.25, 0.3) is 0 Å². The Morgan fingerprint density at radius 3 is 2.28 bits per heavy atom. The Morgan fingerprint density at radius 1 is 1.22 bits per heavy atom. The summed E-state index contributed by atoms with van der Waals surface area (Å²) in [7, 11) is 1.67. The van der Waals surface area contributed by atoms with Gasteiger partial charge in [0, 0.05) is 18.6 Å². The average molecular weight is 251 g/mol. The molecule has 0 aliphatic heterocycles. The van der Waals surface area contributed by atoms with Crippen LogP contribution in [0.15, 0.2) is 12.1 Å². The number of hydrogen-bond acceptors (Lipinski definition) is 3. The molecule has 0 aliphatic carbocycles. The summed E-state index contributed by atoms with van der Waals surface area (Å²) in [6, 6.07) is 3.95. The molecule has 1 aromatic carbocycles. The minimum atomic E-state index is -0.139. The molecular weight excluding hydrogens is 226 g/mol. The second-order valence-corrected chi connectivity index (χ2v) is 5.29. The largest absolute Gasteiger partial charge is 0.496 e. The smallest absolute Gasteiger partial charge is 0.122 e. The number of aliphatic hydroxyl groups is 1. The summed E-state index contributed by atoms with van der Waals surface area (Å²) in [5.74, 6) is 1.32. The van der Waals surface area contributed by atoms with Crippen molar-refractivity contribution in [3.63, 3.8) is 0 Å². The van der Waals surface area contributed by atoms with Crippen LogP contribution in [-0.4, -0.2) is 18.8 Å². The molecule has 3 N–H and O–H groups in total. The van der Waals surface area contributed by atoms with Crippen LogP contribution < -0.4 is 10.5 Å². The van der Waals surface area contributed by atoms with Crippen molar-refractivity contribution < 1.29 is 9.84 Å². The number of hydrogen-bond donors (Lipinski definition) is 2. The molecule has 2 unspecified atom stereocenters. The fraction of sp³-hybridized carbons (Fsp3) is 0.600. The fourth-order valence-corrected chi connectivity index (χ4v) is 2.36. The zero-order chi connectivity index (χ0) is 13.9. The molecule has 0 aromatic heterocycles. The van der Waals surface area contributed by atoms with E-state index < -0.39 is 0 Å². The highest BCUT2D eigenvalue weighted by Gasteiger charge is 2.23. The molecule has 0 heterocycles. The third kappa shape index (κ3) is 3.03. The Morgan fingerprint density at radius 2 is 1.83 bits per heavy atom. The van der Waals surface area contributed by atoms with Crippen LogP contribution in [-0.2, 0) is 0 Å². The Bertz CT molecular complexity index is 402. The van der Waals surface area contributed by atoms with E-state index in [1.807, 2.05) is 19.9 Å². The summed E-state index contributed by atoms with van der Waals surface area (Å²) in [6.07, 6.45) is 0. The van der Waals surface area contributed by atoms with E-state index in [9.17, 15) is 5.11 Å². The number of aliphatic hydroxyl groups excluding tert-OH is 1. The van der Waals surface area contributed by atoms with Crippen molar-refractivity contribution in [2.75, 3.05) is 13.7 Å². The van der Waals surface area contributed by atoms with E-state index in [4.69, 9.17) is 10.5 Å². The first kappa shape index (κ1) is 15.0. The number of rotatable bonds is 5. The van der Waals surface area contributed by atoms with Gasteiger partial charge < -0.3 is 15.6 Å². The standard InChI is InChI=1S/C15H25NO2/c1-9(2)13(8-17)15(16)12-6-11(4)14(18-5)7-10(12)3/h6-7,9,13,15,17H,8,16H2,1-5H3. The van der Waals surface area contributed by atoms with Crippen molar-refractivity contribution in [2.24, 2.45) is 17.6 Å². The van der Waals surface area contributed by atoms with Gasteiger partial charge in [-0.15, -0.1) is 0 Å². The van der Waals surface area contributed by atoms with E-state index in [0.29, 0.717) is 5.92 Å². The molecule has 3 heteroatoms. The Balaban J connectivity index is 3.13. The molecule has 18 heavy (non-hydrogen) atoms. The van der Waals surface area contributed by atoms with E-state index in [-0.39, 0.29) is 18.6 Å². The maximum absolute atomic E-state index is 9.48. The second kappa shape index (κ2) is 6.21. The van der Waals surface area contributed by atoms with Gasteiger partial charge >= 0.3 is 0 Å². The molecule has 0 bridgehead atoms.